The molecule has 0 radical (unpaired) electrons. The summed E-state index contributed by atoms with van der Waals surface area (Å²) in [6.45, 7) is 0.433. The fourth-order valence-electron chi connectivity index (χ4n) is 0.749. The highest BCUT2D eigenvalue weighted by atomic mass is 32.2. The number of aromatic nitrogens is 2. The van der Waals surface area contributed by atoms with E-state index < -0.39 is 10.0 Å². The van der Waals surface area contributed by atoms with Gasteiger partial charge in [-0.1, -0.05) is 0 Å². The van der Waals surface area contributed by atoms with Gasteiger partial charge >= 0.3 is 0 Å². The average molecular weight is 221 g/mol. The van der Waals surface area contributed by atoms with Gasteiger partial charge in [0.05, 0.1) is 6.20 Å². The number of thioether (sulfide) groups is 1. The van der Waals surface area contributed by atoms with E-state index in [-0.39, 0.29) is 5.03 Å². The number of hydrogen-bond donors (Lipinski definition) is 2. The highest BCUT2D eigenvalue weighted by Gasteiger charge is 2.13. The number of hydrogen-bond acceptors (Lipinski definition) is 4. The molecule has 0 spiro atoms. The van der Waals surface area contributed by atoms with Gasteiger partial charge in [0.1, 0.15) is 0 Å². The number of rotatable bonds is 5. The molecule has 1 rings (SSSR count). The standard InChI is InChI=1S/C6H11N3O2S2/c1-12-5-4-8-13(10,11)6-2-3-7-9-6/h2-3,8H,4-5H2,1H3,(H,7,9). The van der Waals surface area contributed by atoms with E-state index >= 15 is 0 Å². The third-order valence-corrected chi connectivity index (χ3v) is 3.37. The Morgan fingerprint density at radius 2 is 2.46 bits per heavy atom. The zero-order chi connectivity index (χ0) is 9.73. The normalized spacial score (nSPS) is 11.8. The molecule has 5 nitrogen and oxygen atoms in total. The number of nitrogens with zero attached hydrogens (tertiary/aromatic N) is 1. The molecule has 1 aromatic heterocycles. The van der Waals surface area contributed by atoms with Crippen molar-refractivity contribution in [3.8, 4) is 0 Å². The maximum absolute atomic E-state index is 11.4. The van der Waals surface area contributed by atoms with Crippen molar-refractivity contribution < 1.29 is 8.42 Å². The van der Waals surface area contributed by atoms with Gasteiger partial charge < -0.3 is 0 Å². The molecule has 0 amide bonds. The van der Waals surface area contributed by atoms with Crippen molar-refractivity contribution in [2.75, 3.05) is 18.6 Å². The minimum absolute atomic E-state index is 0.105. The van der Waals surface area contributed by atoms with Gasteiger partial charge in [0.25, 0.3) is 10.0 Å². The van der Waals surface area contributed by atoms with Gasteiger partial charge in [0, 0.05) is 12.3 Å². The van der Waals surface area contributed by atoms with E-state index in [0.29, 0.717) is 6.54 Å². The molecule has 0 saturated heterocycles. The van der Waals surface area contributed by atoms with Crippen molar-refractivity contribution in [2.24, 2.45) is 0 Å². The van der Waals surface area contributed by atoms with Crippen molar-refractivity contribution in [3.05, 3.63) is 12.3 Å². The topological polar surface area (TPSA) is 74.8 Å². The fourth-order valence-corrected chi connectivity index (χ4v) is 2.12. The summed E-state index contributed by atoms with van der Waals surface area (Å²) in [6.07, 6.45) is 3.33. The molecular formula is C6H11N3O2S2. The molecule has 74 valence electrons. The van der Waals surface area contributed by atoms with Crippen LogP contribution in [0.3, 0.4) is 0 Å². The number of H-pyrrole nitrogens is 1. The van der Waals surface area contributed by atoms with Crippen molar-refractivity contribution in [3.63, 3.8) is 0 Å². The van der Waals surface area contributed by atoms with Gasteiger partial charge in [0.2, 0.25) is 0 Å². The highest BCUT2D eigenvalue weighted by Crippen LogP contribution is 2.01. The van der Waals surface area contributed by atoms with E-state index in [4.69, 9.17) is 0 Å². The Morgan fingerprint density at radius 1 is 1.69 bits per heavy atom. The number of nitrogens with one attached hydrogen (secondary N) is 2. The second kappa shape index (κ2) is 4.64. The fraction of sp³-hybridized carbons (Fsp3) is 0.500. The second-order valence-electron chi connectivity index (χ2n) is 2.31. The lowest BCUT2D eigenvalue weighted by Gasteiger charge is -2.02. The van der Waals surface area contributed by atoms with Crippen molar-refractivity contribution in [2.45, 2.75) is 5.03 Å². The summed E-state index contributed by atoms with van der Waals surface area (Å²) in [5.74, 6) is 0.757. The highest BCUT2D eigenvalue weighted by molar-refractivity contribution is 7.98. The van der Waals surface area contributed by atoms with Gasteiger partial charge in [-0.25, -0.2) is 13.1 Å². The van der Waals surface area contributed by atoms with Gasteiger partial charge in [-0.3, -0.25) is 5.10 Å². The Balaban J connectivity index is 2.58. The summed E-state index contributed by atoms with van der Waals surface area (Å²) in [6, 6.07) is 1.42. The molecule has 7 heteroatoms. The van der Waals surface area contributed by atoms with Crippen molar-refractivity contribution in [1.82, 2.24) is 14.9 Å². The van der Waals surface area contributed by atoms with E-state index in [1.807, 2.05) is 6.26 Å². The summed E-state index contributed by atoms with van der Waals surface area (Å²) in [4.78, 5) is 0. The SMILES string of the molecule is CSCCNS(=O)(=O)c1ccn[nH]1. The first-order valence-corrected chi connectivity index (χ1v) is 6.52. The molecule has 0 fully saturated rings. The largest absolute Gasteiger partial charge is 0.266 e. The molecule has 0 aliphatic carbocycles. The van der Waals surface area contributed by atoms with E-state index in [1.54, 1.807) is 11.8 Å². The Bertz CT molecular complexity index is 333. The summed E-state index contributed by atoms with van der Waals surface area (Å²) in [5.41, 5.74) is 0. The van der Waals surface area contributed by atoms with Crippen LogP contribution in [0.4, 0.5) is 0 Å². The molecule has 0 aliphatic rings. The van der Waals surface area contributed by atoms with Crippen LogP contribution in [0.2, 0.25) is 0 Å². The molecule has 0 aromatic carbocycles. The van der Waals surface area contributed by atoms with Crippen molar-refractivity contribution in [1.29, 1.82) is 0 Å². The molecule has 0 saturated carbocycles. The maximum Gasteiger partial charge on any atom is 0.257 e. The maximum atomic E-state index is 11.4. The first-order chi connectivity index (χ1) is 6.17. The molecule has 2 N–H and O–H groups in total. The minimum atomic E-state index is -3.37. The number of sulfonamides is 1. The third-order valence-electron chi connectivity index (χ3n) is 1.36. The Kier molecular flexibility index (Phi) is 3.76. The van der Waals surface area contributed by atoms with Gasteiger partial charge in [-0.05, 0) is 12.3 Å². The molecule has 0 atom stereocenters. The quantitative estimate of drug-likeness (QED) is 0.689. The molecule has 0 unspecified atom stereocenters. The van der Waals surface area contributed by atoms with Crippen LogP contribution in [0.15, 0.2) is 17.3 Å². The van der Waals surface area contributed by atoms with Gasteiger partial charge in [-0.2, -0.15) is 16.9 Å². The average Bonchev–Trinajstić information content (AvgIpc) is 2.56. The molecule has 13 heavy (non-hydrogen) atoms. The molecule has 0 aliphatic heterocycles. The Labute approximate surface area is 81.4 Å². The van der Waals surface area contributed by atoms with Crippen LogP contribution >= 0.6 is 11.8 Å². The monoisotopic (exact) mass is 221 g/mol. The lowest BCUT2D eigenvalue weighted by molar-refractivity contribution is 0.580. The lowest BCUT2D eigenvalue weighted by Crippen LogP contribution is -2.26. The zero-order valence-electron chi connectivity index (χ0n) is 7.15. The first kappa shape index (κ1) is 10.6. The Morgan fingerprint density at radius 3 is 3.00 bits per heavy atom. The predicted molar refractivity (Wildman–Crippen MR) is 52.2 cm³/mol. The smallest absolute Gasteiger partial charge is 0.257 e. The van der Waals surface area contributed by atoms with E-state index in [1.165, 1.54) is 12.3 Å². The summed E-state index contributed by atoms with van der Waals surface area (Å²) >= 11 is 1.59. The summed E-state index contributed by atoms with van der Waals surface area (Å²) < 4.78 is 25.2. The van der Waals surface area contributed by atoms with E-state index in [2.05, 4.69) is 14.9 Å². The zero-order valence-corrected chi connectivity index (χ0v) is 8.78. The van der Waals surface area contributed by atoms with Crippen LogP contribution in [0.25, 0.3) is 0 Å². The van der Waals surface area contributed by atoms with Gasteiger partial charge in [-0.15, -0.1) is 0 Å². The van der Waals surface area contributed by atoms with Crippen LogP contribution in [-0.2, 0) is 10.0 Å². The van der Waals surface area contributed by atoms with E-state index in [9.17, 15) is 8.42 Å². The van der Waals surface area contributed by atoms with Crippen LogP contribution < -0.4 is 4.72 Å². The van der Waals surface area contributed by atoms with Crippen LogP contribution in [0.1, 0.15) is 0 Å². The second-order valence-corrected chi connectivity index (χ2v) is 5.03. The summed E-state index contributed by atoms with van der Waals surface area (Å²) in [7, 11) is -3.37. The van der Waals surface area contributed by atoms with Crippen molar-refractivity contribution >= 4 is 21.8 Å². The van der Waals surface area contributed by atoms with Gasteiger partial charge in [0.15, 0.2) is 5.03 Å². The van der Waals surface area contributed by atoms with Crippen LogP contribution in [0.5, 0.6) is 0 Å². The third kappa shape index (κ3) is 3.02. The molecular weight excluding hydrogens is 210 g/mol. The Hall–Kier alpha value is -0.530. The molecule has 1 heterocycles. The summed E-state index contributed by atoms with van der Waals surface area (Å²) in [5, 5.41) is 6.07. The molecule has 1 aromatic rings. The minimum Gasteiger partial charge on any atom is -0.266 e. The number of aromatic amines is 1. The van der Waals surface area contributed by atoms with E-state index in [0.717, 1.165) is 5.75 Å². The van der Waals surface area contributed by atoms with Crippen LogP contribution in [-0.4, -0.2) is 37.2 Å². The predicted octanol–water partition coefficient (Wildman–Crippen LogP) is 0.0510. The van der Waals surface area contributed by atoms with Crippen LogP contribution in [0, 0.1) is 0 Å². The lowest BCUT2D eigenvalue weighted by atomic mass is 10.8. The first-order valence-electron chi connectivity index (χ1n) is 3.65. The molecule has 0 bridgehead atoms.